The van der Waals surface area contributed by atoms with Gasteiger partial charge in [-0.25, -0.2) is 17.6 Å². The number of carbonyl (C=O) groups is 1. The van der Waals surface area contributed by atoms with Crippen LogP contribution < -0.4 is 20.1 Å². The number of nitrogens with zero attached hydrogens (tertiary/aromatic N) is 1. The lowest BCUT2D eigenvalue weighted by molar-refractivity contribution is -0.384. The van der Waals surface area contributed by atoms with E-state index in [1.807, 2.05) is 0 Å². The highest BCUT2D eigenvalue weighted by atomic mass is 32.2. The lowest BCUT2D eigenvalue weighted by Crippen LogP contribution is -2.20. The van der Waals surface area contributed by atoms with Crippen molar-refractivity contribution < 1.29 is 27.3 Å². The number of carbonyl (C=O) groups excluding carboxylic acids is 1. The quantitative estimate of drug-likeness (QED) is 0.357. The second-order valence-corrected chi connectivity index (χ2v) is 8.04. The van der Waals surface area contributed by atoms with Gasteiger partial charge < -0.3 is 15.4 Å². The maximum absolute atomic E-state index is 14.2. The first kappa shape index (κ1) is 22.5. The highest BCUT2D eigenvalue weighted by molar-refractivity contribution is 7.92. The van der Waals surface area contributed by atoms with E-state index in [0.29, 0.717) is 5.75 Å². The van der Waals surface area contributed by atoms with Crippen LogP contribution in [0.5, 0.6) is 5.75 Å². The molecule has 0 saturated heterocycles. The molecule has 32 heavy (non-hydrogen) atoms. The third-order valence-electron chi connectivity index (χ3n) is 4.17. The summed E-state index contributed by atoms with van der Waals surface area (Å²) in [5, 5.41) is 15.6. The predicted octanol–water partition coefficient (Wildman–Crippen LogP) is 4.19. The Kier molecular flexibility index (Phi) is 6.54. The van der Waals surface area contributed by atoms with Gasteiger partial charge >= 0.3 is 6.03 Å². The lowest BCUT2D eigenvalue weighted by Gasteiger charge is -2.12. The molecular weight excluding hydrogens is 443 g/mol. The first-order valence-corrected chi connectivity index (χ1v) is 10.4. The van der Waals surface area contributed by atoms with Crippen LogP contribution >= 0.6 is 0 Å². The number of hydrogen-bond acceptors (Lipinski definition) is 6. The number of sulfonamides is 1. The molecule has 3 rings (SSSR count). The Morgan fingerprint density at radius 3 is 2.16 bits per heavy atom. The monoisotopic (exact) mass is 460 g/mol. The second-order valence-electron chi connectivity index (χ2n) is 6.36. The summed E-state index contributed by atoms with van der Waals surface area (Å²) in [4.78, 5) is 22.2. The summed E-state index contributed by atoms with van der Waals surface area (Å²) in [6, 6.07) is 13.3. The molecule has 0 aromatic heterocycles. The molecule has 166 valence electrons. The van der Waals surface area contributed by atoms with Crippen molar-refractivity contribution in [2.45, 2.75) is 4.90 Å². The lowest BCUT2D eigenvalue weighted by atomic mass is 10.2. The summed E-state index contributed by atoms with van der Waals surface area (Å²) in [5.74, 6) is -0.385. The summed E-state index contributed by atoms with van der Waals surface area (Å²) in [5.41, 5.74) is -0.105. The van der Waals surface area contributed by atoms with Gasteiger partial charge in [-0.2, -0.15) is 0 Å². The SMILES string of the molecule is COc1ccc(S(=O)(=O)Nc2cc(NC(=O)Nc3ccc([N+](=O)[O-])cc3)ccc2F)cc1. The van der Waals surface area contributed by atoms with Crippen LogP contribution in [0.1, 0.15) is 0 Å². The molecule has 0 heterocycles. The maximum atomic E-state index is 14.2. The van der Waals surface area contributed by atoms with Crippen molar-refractivity contribution in [2.24, 2.45) is 0 Å². The minimum absolute atomic E-state index is 0.105. The molecule has 0 aliphatic heterocycles. The van der Waals surface area contributed by atoms with Crippen LogP contribution in [-0.2, 0) is 10.0 Å². The number of methoxy groups -OCH3 is 1. The number of benzene rings is 3. The Morgan fingerprint density at radius 2 is 1.56 bits per heavy atom. The highest BCUT2D eigenvalue weighted by Crippen LogP contribution is 2.24. The molecule has 0 unspecified atom stereocenters. The van der Waals surface area contributed by atoms with E-state index in [-0.39, 0.29) is 27.6 Å². The maximum Gasteiger partial charge on any atom is 0.323 e. The van der Waals surface area contributed by atoms with Gasteiger partial charge in [0.25, 0.3) is 15.7 Å². The number of nitrogens with one attached hydrogen (secondary N) is 3. The summed E-state index contributed by atoms with van der Waals surface area (Å²) in [7, 11) is -2.66. The van der Waals surface area contributed by atoms with Crippen LogP contribution in [0.2, 0.25) is 0 Å². The van der Waals surface area contributed by atoms with Crippen molar-refractivity contribution in [1.82, 2.24) is 0 Å². The molecule has 0 aliphatic rings. The number of anilines is 3. The molecule has 0 radical (unpaired) electrons. The first-order chi connectivity index (χ1) is 15.2. The van der Waals surface area contributed by atoms with E-state index in [1.165, 1.54) is 61.7 Å². The van der Waals surface area contributed by atoms with E-state index in [2.05, 4.69) is 15.4 Å². The smallest absolute Gasteiger partial charge is 0.323 e. The molecule has 3 aromatic carbocycles. The zero-order valence-electron chi connectivity index (χ0n) is 16.5. The van der Waals surface area contributed by atoms with Gasteiger partial charge in [-0.05, 0) is 54.6 Å². The fraction of sp³-hybridized carbons (Fsp3) is 0.0500. The van der Waals surface area contributed by atoms with Crippen LogP contribution in [0.3, 0.4) is 0 Å². The number of halogens is 1. The minimum atomic E-state index is -4.09. The van der Waals surface area contributed by atoms with Crippen LogP contribution in [-0.4, -0.2) is 26.5 Å². The number of non-ortho nitro benzene ring substituents is 1. The molecule has 0 aliphatic carbocycles. The van der Waals surface area contributed by atoms with Gasteiger partial charge in [-0.15, -0.1) is 0 Å². The molecule has 0 saturated carbocycles. The van der Waals surface area contributed by atoms with E-state index >= 15 is 0 Å². The molecule has 0 bridgehead atoms. The fourth-order valence-corrected chi connectivity index (χ4v) is 3.66. The zero-order valence-corrected chi connectivity index (χ0v) is 17.4. The van der Waals surface area contributed by atoms with Gasteiger partial charge in [0.05, 0.1) is 22.6 Å². The van der Waals surface area contributed by atoms with E-state index in [1.54, 1.807) is 0 Å². The van der Waals surface area contributed by atoms with Crippen molar-refractivity contribution in [2.75, 3.05) is 22.5 Å². The third kappa shape index (κ3) is 5.49. The average molecular weight is 460 g/mol. The van der Waals surface area contributed by atoms with E-state index in [9.17, 15) is 27.7 Å². The standard InChI is InChI=1S/C20H17FN4O6S/c1-31-16-7-9-17(10-8-16)32(29,30)24-19-12-14(4-11-18(19)21)23-20(26)22-13-2-5-15(6-3-13)25(27)28/h2-12,24H,1H3,(H2,22,23,26). The van der Waals surface area contributed by atoms with Gasteiger partial charge in [0.15, 0.2) is 0 Å². The molecule has 3 N–H and O–H groups in total. The zero-order chi connectivity index (χ0) is 23.3. The molecule has 0 atom stereocenters. The predicted molar refractivity (Wildman–Crippen MR) is 116 cm³/mol. The topological polar surface area (TPSA) is 140 Å². The highest BCUT2D eigenvalue weighted by Gasteiger charge is 2.17. The van der Waals surface area contributed by atoms with Crippen LogP contribution in [0, 0.1) is 15.9 Å². The van der Waals surface area contributed by atoms with Crippen molar-refractivity contribution in [3.05, 3.63) is 82.7 Å². The first-order valence-electron chi connectivity index (χ1n) is 8.97. The summed E-state index contributed by atoms with van der Waals surface area (Å²) in [6.07, 6.45) is 0. The Balaban J connectivity index is 1.71. The largest absolute Gasteiger partial charge is 0.497 e. The minimum Gasteiger partial charge on any atom is -0.497 e. The number of ether oxygens (including phenoxy) is 1. The summed E-state index contributed by atoms with van der Waals surface area (Å²) in [6.45, 7) is 0. The van der Waals surface area contributed by atoms with E-state index in [4.69, 9.17) is 4.74 Å². The number of rotatable bonds is 7. The Morgan fingerprint density at radius 1 is 0.969 bits per heavy atom. The van der Waals surface area contributed by atoms with Gasteiger partial charge in [-0.3, -0.25) is 14.8 Å². The van der Waals surface area contributed by atoms with Crippen LogP contribution in [0.4, 0.5) is 31.9 Å². The number of urea groups is 1. The van der Waals surface area contributed by atoms with Gasteiger partial charge in [-0.1, -0.05) is 0 Å². The van der Waals surface area contributed by atoms with Crippen molar-refractivity contribution >= 4 is 38.8 Å². The molecule has 2 amide bonds. The molecule has 3 aromatic rings. The van der Waals surface area contributed by atoms with Crippen molar-refractivity contribution in [1.29, 1.82) is 0 Å². The van der Waals surface area contributed by atoms with Gasteiger partial charge in [0.2, 0.25) is 0 Å². The number of nitro benzene ring substituents is 1. The normalized spacial score (nSPS) is 10.8. The fourth-order valence-electron chi connectivity index (χ4n) is 2.60. The summed E-state index contributed by atoms with van der Waals surface area (Å²) < 4.78 is 46.4. The molecule has 12 heteroatoms. The van der Waals surface area contributed by atoms with E-state index in [0.717, 1.165) is 12.1 Å². The van der Waals surface area contributed by atoms with Crippen molar-refractivity contribution in [3.63, 3.8) is 0 Å². The second kappa shape index (κ2) is 9.31. The van der Waals surface area contributed by atoms with Gasteiger partial charge in [0.1, 0.15) is 11.6 Å². The number of nitro groups is 1. The van der Waals surface area contributed by atoms with E-state index < -0.39 is 26.8 Å². The van der Waals surface area contributed by atoms with Crippen LogP contribution in [0.15, 0.2) is 71.6 Å². The summed E-state index contributed by atoms with van der Waals surface area (Å²) >= 11 is 0. The third-order valence-corrected chi connectivity index (χ3v) is 5.56. The molecule has 0 fully saturated rings. The Labute approximate surface area is 182 Å². The molecular formula is C20H17FN4O6S. The number of hydrogen-bond donors (Lipinski definition) is 3. The Bertz CT molecular complexity index is 1250. The molecule has 0 spiro atoms. The van der Waals surface area contributed by atoms with Crippen LogP contribution in [0.25, 0.3) is 0 Å². The van der Waals surface area contributed by atoms with Crippen molar-refractivity contribution in [3.8, 4) is 5.75 Å². The number of amides is 2. The molecule has 10 nitrogen and oxygen atoms in total. The Hall–Kier alpha value is -4.19. The van der Waals surface area contributed by atoms with Gasteiger partial charge in [0, 0.05) is 23.5 Å². The average Bonchev–Trinajstić information content (AvgIpc) is 2.76.